The molecule has 180 valence electrons. The summed E-state index contributed by atoms with van der Waals surface area (Å²) in [5, 5.41) is 1.11. The van der Waals surface area contributed by atoms with E-state index in [1.165, 1.54) is 19.2 Å². The van der Waals surface area contributed by atoms with Crippen LogP contribution in [0.4, 0.5) is 0 Å². The molecule has 0 atom stereocenters. The van der Waals surface area contributed by atoms with Gasteiger partial charge in [-0.2, -0.15) is 0 Å². The number of hydrogen-bond donors (Lipinski definition) is 0. The van der Waals surface area contributed by atoms with Crippen molar-refractivity contribution in [2.24, 2.45) is 0 Å². The van der Waals surface area contributed by atoms with Gasteiger partial charge in [-0.1, -0.05) is 24.3 Å². The van der Waals surface area contributed by atoms with E-state index >= 15 is 0 Å². The fourth-order valence-corrected chi connectivity index (χ4v) is 3.98. The van der Waals surface area contributed by atoms with Gasteiger partial charge in [0, 0.05) is 28.5 Å². The predicted octanol–water partition coefficient (Wildman–Crippen LogP) is 5.19. The largest absolute Gasteiger partial charge is 0.496 e. The average molecular weight is 484 g/mol. The maximum Gasteiger partial charge on any atom is 0.347 e. The second kappa shape index (κ2) is 9.42. The van der Waals surface area contributed by atoms with Crippen LogP contribution in [0.5, 0.6) is 17.2 Å². The third-order valence-corrected chi connectivity index (χ3v) is 5.57. The van der Waals surface area contributed by atoms with Gasteiger partial charge in [0.05, 0.1) is 19.3 Å². The van der Waals surface area contributed by atoms with Crippen LogP contribution in [0.15, 0.2) is 91.2 Å². The molecular weight excluding hydrogens is 464 g/mol. The van der Waals surface area contributed by atoms with E-state index in [0.29, 0.717) is 40.0 Å². The minimum absolute atomic E-state index is 0.144. The number of benzene rings is 3. The number of ether oxygens (including phenoxy) is 3. The third kappa shape index (κ3) is 4.20. The first-order chi connectivity index (χ1) is 17.5. The smallest absolute Gasteiger partial charge is 0.347 e. The first kappa shape index (κ1) is 22.9. The van der Waals surface area contributed by atoms with Gasteiger partial charge < -0.3 is 23.0 Å². The molecule has 0 saturated carbocycles. The molecular formula is C28H20O8. The topological polar surface area (TPSA) is 105 Å². The Morgan fingerprint density at radius 3 is 2.47 bits per heavy atom. The molecule has 36 heavy (non-hydrogen) atoms. The van der Waals surface area contributed by atoms with E-state index in [1.807, 2.05) is 6.92 Å². The zero-order valence-electron chi connectivity index (χ0n) is 19.4. The summed E-state index contributed by atoms with van der Waals surface area (Å²) < 4.78 is 27.2. The highest BCUT2D eigenvalue weighted by molar-refractivity contribution is 5.97. The molecule has 3 aromatic carbocycles. The van der Waals surface area contributed by atoms with Gasteiger partial charge >= 0.3 is 17.2 Å². The standard InChI is InChI=1S/C28H20O8/c1-3-33-23-10-6-7-16-13-21(28(31)36-26(16)23)20-15-25(29)35-24-14-17(11-12-18(20)24)34-27(30)19-8-4-5-9-22(19)32-2/h4-15H,3H2,1-2H3. The fourth-order valence-electron chi connectivity index (χ4n) is 3.98. The maximum absolute atomic E-state index is 12.9. The summed E-state index contributed by atoms with van der Waals surface area (Å²) in [6.45, 7) is 2.25. The van der Waals surface area contributed by atoms with Crippen molar-refractivity contribution in [1.82, 2.24) is 0 Å². The van der Waals surface area contributed by atoms with Gasteiger partial charge in [-0.25, -0.2) is 14.4 Å². The lowest BCUT2D eigenvalue weighted by atomic mass is 10.0. The van der Waals surface area contributed by atoms with Crippen molar-refractivity contribution in [3.63, 3.8) is 0 Å². The van der Waals surface area contributed by atoms with E-state index in [2.05, 4.69) is 0 Å². The van der Waals surface area contributed by atoms with Crippen molar-refractivity contribution in [3.05, 3.63) is 99.2 Å². The van der Waals surface area contributed by atoms with Crippen LogP contribution in [0.1, 0.15) is 17.3 Å². The van der Waals surface area contributed by atoms with Crippen molar-refractivity contribution in [2.45, 2.75) is 6.92 Å². The molecule has 0 saturated heterocycles. The van der Waals surface area contributed by atoms with Crippen LogP contribution in [0.3, 0.4) is 0 Å². The first-order valence-electron chi connectivity index (χ1n) is 11.1. The summed E-state index contributed by atoms with van der Waals surface area (Å²) in [7, 11) is 1.46. The third-order valence-electron chi connectivity index (χ3n) is 5.57. The van der Waals surface area contributed by atoms with Crippen molar-refractivity contribution < 1.29 is 27.8 Å². The second-order valence-corrected chi connectivity index (χ2v) is 7.78. The molecule has 0 aliphatic rings. The van der Waals surface area contributed by atoms with E-state index < -0.39 is 17.2 Å². The monoisotopic (exact) mass is 484 g/mol. The summed E-state index contributed by atoms with van der Waals surface area (Å²) >= 11 is 0. The SMILES string of the molecule is CCOc1cccc2cc(-c3cc(=O)oc4cc(OC(=O)c5ccccc5OC)ccc34)c(=O)oc12. The lowest BCUT2D eigenvalue weighted by molar-refractivity contribution is 0.0731. The normalized spacial score (nSPS) is 10.9. The average Bonchev–Trinajstić information content (AvgIpc) is 2.88. The van der Waals surface area contributed by atoms with Crippen molar-refractivity contribution >= 4 is 27.9 Å². The highest BCUT2D eigenvalue weighted by Crippen LogP contribution is 2.32. The van der Waals surface area contributed by atoms with E-state index in [4.69, 9.17) is 23.0 Å². The van der Waals surface area contributed by atoms with Gasteiger partial charge in [0.25, 0.3) is 0 Å². The highest BCUT2D eigenvalue weighted by atomic mass is 16.5. The van der Waals surface area contributed by atoms with E-state index in [1.54, 1.807) is 60.7 Å². The summed E-state index contributed by atoms with van der Waals surface area (Å²) in [5.74, 6) is 0.349. The number of hydrogen-bond acceptors (Lipinski definition) is 8. The van der Waals surface area contributed by atoms with Crippen LogP contribution < -0.4 is 25.5 Å². The Bertz CT molecular complexity index is 1730. The van der Waals surface area contributed by atoms with Gasteiger partial charge in [-0.3, -0.25) is 0 Å². The van der Waals surface area contributed by atoms with Crippen molar-refractivity contribution in [1.29, 1.82) is 0 Å². The zero-order chi connectivity index (χ0) is 25.2. The van der Waals surface area contributed by atoms with Crippen LogP contribution >= 0.6 is 0 Å². The van der Waals surface area contributed by atoms with E-state index in [9.17, 15) is 14.4 Å². The molecule has 0 amide bonds. The van der Waals surface area contributed by atoms with Gasteiger partial charge in [0.15, 0.2) is 11.3 Å². The number of fused-ring (bicyclic) bond motifs is 2. The molecule has 0 N–H and O–H groups in total. The van der Waals surface area contributed by atoms with Crippen LogP contribution in [0, 0.1) is 0 Å². The maximum atomic E-state index is 12.9. The molecule has 0 spiro atoms. The van der Waals surface area contributed by atoms with Crippen molar-refractivity contribution in [2.75, 3.05) is 13.7 Å². The highest BCUT2D eigenvalue weighted by Gasteiger charge is 2.18. The molecule has 5 rings (SSSR count). The van der Waals surface area contributed by atoms with E-state index in [0.717, 1.165) is 0 Å². The molecule has 0 fully saturated rings. The molecule has 5 aromatic rings. The Labute approximate surface area is 204 Å². The quantitative estimate of drug-likeness (QED) is 0.184. The Balaban J connectivity index is 1.58. The van der Waals surface area contributed by atoms with Crippen LogP contribution in [-0.4, -0.2) is 19.7 Å². The molecule has 0 aliphatic carbocycles. The minimum Gasteiger partial charge on any atom is -0.496 e. The Morgan fingerprint density at radius 1 is 0.861 bits per heavy atom. The van der Waals surface area contributed by atoms with Crippen LogP contribution in [0.2, 0.25) is 0 Å². The van der Waals surface area contributed by atoms with Crippen LogP contribution in [-0.2, 0) is 0 Å². The Kier molecular flexibility index (Phi) is 6.00. The molecule has 8 heteroatoms. The van der Waals surface area contributed by atoms with Gasteiger partial charge in [-0.05, 0) is 43.3 Å². The molecule has 0 bridgehead atoms. The predicted molar refractivity (Wildman–Crippen MR) is 133 cm³/mol. The first-order valence-corrected chi connectivity index (χ1v) is 11.1. The number of methoxy groups -OCH3 is 1. The molecule has 0 unspecified atom stereocenters. The molecule has 0 radical (unpaired) electrons. The molecule has 2 heterocycles. The number of rotatable bonds is 6. The van der Waals surface area contributed by atoms with Crippen molar-refractivity contribution in [3.8, 4) is 28.4 Å². The zero-order valence-corrected chi connectivity index (χ0v) is 19.4. The molecule has 0 aliphatic heterocycles. The number of carbonyl (C=O) groups excluding carboxylic acids is 1. The number of carbonyl (C=O) groups is 1. The number of esters is 1. The fraction of sp³-hybridized carbons (Fsp3) is 0.107. The lowest BCUT2D eigenvalue weighted by Gasteiger charge is -2.10. The van der Waals surface area contributed by atoms with Gasteiger partial charge in [-0.15, -0.1) is 0 Å². The second-order valence-electron chi connectivity index (χ2n) is 7.78. The Morgan fingerprint density at radius 2 is 1.67 bits per heavy atom. The van der Waals surface area contributed by atoms with E-state index in [-0.39, 0.29) is 22.5 Å². The van der Waals surface area contributed by atoms with Gasteiger partial charge in [0.1, 0.15) is 22.6 Å². The summed E-state index contributed by atoms with van der Waals surface area (Å²) in [6.07, 6.45) is 0. The van der Waals surface area contributed by atoms with Gasteiger partial charge in [0.2, 0.25) is 0 Å². The lowest BCUT2D eigenvalue weighted by Crippen LogP contribution is -2.10. The number of para-hydroxylation sites is 2. The molecule has 8 nitrogen and oxygen atoms in total. The van der Waals surface area contributed by atoms with Crippen LogP contribution in [0.25, 0.3) is 33.1 Å². The minimum atomic E-state index is -0.673. The molecule has 2 aromatic heterocycles. The summed E-state index contributed by atoms with van der Waals surface area (Å²) in [6, 6.07) is 19.4. The summed E-state index contributed by atoms with van der Waals surface area (Å²) in [4.78, 5) is 38.0. The summed E-state index contributed by atoms with van der Waals surface area (Å²) in [5.41, 5.74) is -0.0672. The Hall–Kier alpha value is -4.85.